The normalized spacial score (nSPS) is 13.0. The average Bonchev–Trinajstić information content (AvgIpc) is 3.09. The van der Waals surface area contributed by atoms with E-state index in [0.29, 0.717) is 12.3 Å². The Hall–Kier alpha value is -2.88. The van der Waals surface area contributed by atoms with Crippen LogP contribution >= 0.6 is 0 Å². The fraction of sp³-hybridized carbons (Fsp3) is 0.111. The van der Waals surface area contributed by atoms with Crippen LogP contribution < -0.4 is 5.32 Å². The first-order chi connectivity index (χ1) is 10.7. The number of benzene rings is 2. The predicted octanol–water partition coefficient (Wildman–Crippen LogP) is 3.81. The topological polar surface area (TPSA) is 55.1 Å². The van der Waals surface area contributed by atoms with E-state index in [9.17, 15) is 4.79 Å². The Morgan fingerprint density at radius 3 is 2.73 bits per heavy atom. The molecule has 1 N–H and O–H groups in total. The second-order valence-corrected chi connectivity index (χ2v) is 5.40. The monoisotopic (exact) mass is 290 g/mol. The van der Waals surface area contributed by atoms with E-state index in [0.717, 1.165) is 33.8 Å². The fourth-order valence-corrected chi connectivity index (χ4v) is 2.74. The minimum Gasteiger partial charge on any atom is -0.436 e. The van der Waals surface area contributed by atoms with Crippen LogP contribution in [0.25, 0.3) is 22.8 Å². The molecule has 108 valence electrons. The summed E-state index contributed by atoms with van der Waals surface area (Å²) in [6.07, 6.45) is 0.419. The van der Waals surface area contributed by atoms with E-state index in [1.807, 2.05) is 55.5 Å². The molecule has 0 atom stereocenters. The first kappa shape index (κ1) is 12.8. The van der Waals surface area contributed by atoms with Crippen molar-refractivity contribution in [2.24, 2.45) is 0 Å². The van der Waals surface area contributed by atoms with E-state index in [-0.39, 0.29) is 5.91 Å². The highest BCUT2D eigenvalue weighted by Gasteiger charge is 2.20. The van der Waals surface area contributed by atoms with Crippen molar-refractivity contribution in [2.75, 3.05) is 5.32 Å². The lowest BCUT2D eigenvalue weighted by molar-refractivity contribution is -0.115. The zero-order valence-corrected chi connectivity index (χ0v) is 12.1. The first-order valence-electron chi connectivity index (χ1n) is 7.17. The van der Waals surface area contributed by atoms with Gasteiger partial charge in [-0.2, -0.15) is 0 Å². The molecule has 0 spiro atoms. The lowest BCUT2D eigenvalue weighted by Gasteiger charge is -2.02. The molecule has 4 nitrogen and oxygen atoms in total. The summed E-state index contributed by atoms with van der Waals surface area (Å²) in [5.74, 6) is 1.40. The molecule has 0 bridgehead atoms. The number of aromatic nitrogens is 1. The van der Waals surface area contributed by atoms with Gasteiger partial charge < -0.3 is 9.73 Å². The van der Waals surface area contributed by atoms with Gasteiger partial charge in [-0.1, -0.05) is 18.2 Å². The summed E-state index contributed by atoms with van der Waals surface area (Å²) in [5, 5.41) is 2.84. The van der Waals surface area contributed by atoms with Crippen molar-refractivity contribution in [3.8, 4) is 22.8 Å². The molecule has 1 aromatic heterocycles. The Morgan fingerprint density at radius 2 is 1.91 bits per heavy atom. The molecule has 1 aliphatic rings. The van der Waals surface area contributed by atoms with Crippen molar-refractivity contribution >= 4 is 11.6 Å². The standard InChI is InChI=1S/C18H14N2O2/c1-11-17(22-18(19-11)12-5-3-2-4-6-12)13-7-8-15-14(9-13)10-16(21)20-15/h2-9H,10H2,1H3,(H,20,21). The number of fused-ring (bicyclic) bond motifs is 1. The molecule has 2 heterocycles. The Morgan fingerprint density at radius 1 is 1.09 bits per heavy atom. The highest BCUT2D eigenvalue weighted by atomic mass is 16.4. The van der Waals surface area contributed by atoms with E-state index >= 15 is 0 Å². The molecule has 0 fully saturated rings. The van der Waals surface area contributed by atoms with Gasteiger partial charge in [0.15, 0.2) is 5.76 Å². The Kier molecular flexibility index (Phi) is 2.82. The van der Waals surface area contributed by atoms with Gasteiger partial charge in [0, 0.05) is 16.8 Å². The molecule has 2 aromatic carbocycles. The second kappa shape index (κ2) is 4.84. The lowest BCUT2D eigenvalue weighted by Crippen LogP contribution is -2.03. The summed E-state index contributed by atoms with van der Waals surface area (Å²) in [7, 11) is 0. The number of hydrogen-bond acceptors (Lipinski definition) is 3. The third-order valence-electron chi connectivity index (χ3n) is 3.81. The Balaban J connectivity index is 1.77. The number of amides is 1. The molecule has 0 saturated heterocycles. The summed E-state index contributed by atoms with van der Waals surface area (Å²) < 4.78 is 5.96. The van der Waals surface area contributed by atoms with Gasteiger partial charge in [0.2, 0.25) is 11.8 Å². The third-order valence-corrected chi connectivity index (χ3v) is 3.81. The van der Waals surface area contributed by atoms with Gasteiger partial charge >= 0.3 is 0 Å². The summed E-state index contributed by atoms with van der Waals surface area (Å²) in [5.41, 5.74) is 4.63. The summed E-state index contributed by atoms with van der Waals surface area (Å²) >= 11 is 0. The average molecular weight is 290 g/mol. The number of rotatable bonds is 2. The van der Waals surface area contributed by atoms with Crippen LogP contribution in [0.15, 0.2) is 52.9 Å². The minimum absolute atomic E-state index is 0.0337. The first-order valence-corrected chi connectivity index (χ1v) is 7.17. The molecule has 4 heteroatoms. The molecule has 22 heavy (non-hydrogen) atoms. The molecule has 0 unspecified atom stereocenters. The maximum Gasteiger partial charge on any atom is 0.228 e. The molecular weight excluding hydrogens is 276 g/mol. The number of anilines is 1. The van der Waals surface area contributed by atoms with Crippen molar-refractivity contribution in [1.82, 2.24) is 4.98 Å². The van der Waals surface area contributed by atoms with Gasteiger partial charge in [0.1, 0.15) is 0 Å². The quantitative estimate of drug-likeness (QED) is 0.780. The Labute approximate surface area is 127 Å². The highest BCUT2D eigenvalue weighted by Crippen LogP contribution is 2.33. The van der Waals surface area contributed by atoms with Gasteiger partial charge in [0.05, 0.1) is 12.1 Å². The van der Waals surface area contributed by atoms with Gasteiger partial charge in [-0.3, -0.25) is 4.79 Å². The molecule has 0 saturated carbocycles. The predicted molar refractivity (Wildman–Crippen MR) is 84.4 cm³/mol. The summed E-state index contributed by atoms with van der Waals surface area (Å²) in [4.78, 5) is 16.0. The van der Waals surface area contributed by atoms with Crippen LogP contribution in [0.1, 0.15) is 11.3 Å². The molecule has 1 aliphatic heterocycles. The second-order valence-electron chi connectivity index (χ2n) is 5.40. The highest BCUT2D eigenvalue weighted by molar-refractivity contribution is 5.99. The summed E-state index contributed by atoms with van der Waals surface area (Å²) in [6.45, 7) is 1.93. The van der Waals surface area contributed by atoms with Crippen molar-refractivity contribution in [2.45, 2.75) is 13.3 Å². The van der Waals surface area contributed by atoms with E-state index in [1.165, 1.54) is 0 Å². The number of nitrogens with one attached hydrogen (secondary N) is 1. The zero-order chi connectivity index (χ0) is 15.1. The van der Waals surface area contributed by atoms with Crippen LogP contribution in [0.3, 0.4) is 0 Å². The molecule has 0 aliphatic carbocycles. The number of carbonyl (C=O) groups is 1. The number of carbonyl (C=O) groups excluding carboxylic acids is 1. The van der Waals surface area contributed by atoms with Crippen molar-refractivity contribution in [3.05, 3.63) is 59.8 Å². The smallest absolute Gasteiger partial charge is 0.228 e. The molecule has 4 rings (SSSR count). The molecule has 3 aromatic rings. The number of aryl methyl sites for hydroxylation is 1. The van der Waals surface area contributed by atoms with Crippen molar-refractivity contribution in [1.29, 1.82) is 0 Å². The van der Waals surface area contributed by atoms with Crippen LogP contribution in [0.2, 0.25) is 0 Å². The fourth-order valence-electron chi connectivity index (χ4n) is 2.74. The van der Waals surface area contributed by atoms with Crippen molar-refractivity contribution < 1.29 is 9.21 Å². The van der Waals surface area contributed by atoms with Crippen LogP contribution in [-0.4, -0.2) is 10.9 Å². The maximum atomic E-state index is 11.5. The number of oxazole rings is 1. The summed E-state index contributed by atoms with van der Waals surface area (Å²) in [6, 6.07) is 15.7. The van der Waals surface area contributed by atoms with Crippen LogP contribution in [0.5, 0.6) is 0 Å². The van der Waals surface area contributed by atoms with Gasteiger partial charge in [-0.25, -0.2) is 4.98 Å². The van der Waals surface area contributed by atoms with Gasteiger partial charge in [-0.05, 0) is 42.8 Å². The lowest BCUT2D eigenvalue weighted by atomic mass is 10.1. The Bertz CT molecular complexity index is 866. The van der Waals surface area contributed by atoms with Crippen LogP contribution in [-0.2, 0) is 11.2 Å². The van der Waals surface area contributed by atoms with E-state index in [1.54, 1.807) is 0 Å². The third kappa shape index (κ3) is 2.09. The van der Waals surface area contributed by atoms with E-state index in [2.05, 4.69) is 10.3 Å². The molecular formula is C18H14N2O2. The minimum atomic E-state index is 0.0337. The molecule has 1 amide bonds. The zero-order valence-electron chi connectivity index (χ0n) is 12.1. The largest absolute Gasteiger partial charge is 0.436 e. The van der Waals surface area contributed by atoms with Crippen LogP contribution in [0, 0.1) is 6.92 Å². The van der Waals surface area contributed by atoms with E-state index in [4.69, 9.17) is 4.42 Å². The van der Waals surface area contributed by atoms with Crippen molar-refractivity contribution in [3.63, 3.8) is 0 Å². The SMILES string of the molecule is Cc1nc(-c2ccccc2)oc1-c1ccc2c(c1)CC(=O)N2. The molecule has 0 radical (unpaired) electrons. The number of nitrogens with zero attached hydrogens (tertiary/aromatic N) is 1. The van der Waals surface area contributed by atoms with Gasteiger partial charge in [-0.15, -0.1) is 0 Å². The van der Waals surface area contributed by atoms with Crippen LogP contribution in [0.4, 0.5) is 5.69 Å². The van der Waals surface area contributed by atoms with E-state index < -0.39 is 0 Å². The maximum absolute atomic E-state index is 11.5. The van der Waals surface area contributed by atoms with Gasteiger partial charge in [0.25, 0.3) is 0 Å². The number of hydrogen-bond donors (Lipinski definition) is 1.